The molecular formula is C51H75N9O7. The number of benzene rings is 2. The lowest BCUT2D eigenvalue weighted by Gasteiger charge is -2.39. The van der Waals surface area contributed by atoms with E-state index in [1.807, 2.05) is 65.6 Å². The number of nitrogens with zero attached hydrogens (tertiary/aromatic N) is 4. The second-order valence-electron chi connectivity index (χ2n) is 19.1. The van der Waals surface area contributed by atoms with Crippen LogP contribution in [0.5, 0.6) is 0 Å². The Morgan fingerprint density at radius 3 is 1.49 bits per heavy atom. The summed E-state index contributed by atoms with van der Waals surface area (Å²) >= 11 is 0. The molecule has 7 amide bonds. The highest BCUT2D eigenvalue weighted by Crippen LogP contribution is 2.32. The van der Waals surface area contributed by atoms with E-state index in [0.29, 0.717) is 58.0 Å². The molecule has 0 aromatic heterocycles. The Balaban J connectivity index is 0.984. The van der Waals surface area contributed by atoms with Crippen molar-refractivity contribution in [2.24, 2.45) is 0 Å². The second kappa shape index (κ2) is 24.6. The first-order valence-electron chi connectivity index (χ1n) is 24.9. The van der Waals surface area contributed by atoms with Crippen LogP contribution in [0.2, 0.25) is 0 Å². The van der Waals surface area contributed by atoms with Crippen molar-refractivity contribution < 1.29 is 33.6 Å². The zero-order valence-electron chi connectivity index (χ0n) is 40.3. The summed E-state index contributed by atoms with van der Waals surface area (Å²) in [7, 11) is 3.37. The third-order valence-corrected chi connectivity index (χ3v) is 14.5. The van der Waals surface area contributed by atoms with Gasteiger partial charge in [-0.3, -0.25) is 33.6 Å². The van der Waals surface area contributed by atoms with Crippen molar-refractivity contribution >= 4 is 41.4 Å². The Bertz CT molecular complexity index is 1970. The lowest BCUT2D eigenvalue weighted by atomic mass is 9.98. The van der Waals surface area contributed by atoms with Crippen molar-refractivity contribution in [1.29, 1.82) is 0 Å². The van der Waals surface area contributed by atoms with Crippen LogP contribution in [0.4, 0.5) is 0 Å². The molecule has 8 atom stereocenters. The van der Waals surface area contributed by atoms with Gasteiger partial charge in [0.1, 0.15) is 18.1 Å². The Morgan fingerprint density at radius 1 is 0.582 bits per heavy atom. The lowest BCUT2D eigenvalue weighted by molar-refractivity contribution is -0.147. The van der Waals surface area contributed by atoms with Crippen molar-refractivity contribution in [2.75, 3.05) is 40.3 Å². The molecule has 4 aliphatic heterocycles. The van der Waals surface area contributed by atoms with Gasteiger partial charge in [-0.15, -0.1) is 0 Å². The van der Waals surface area contributed by atoms with E-state index < -0.39 is 36.3 Å². The molecule has 366 valence electrons. The normalized spacial score (nSPS) is 24.1. The predicted octanol–water partition coefficient (Wildman–Crippen LogP) is 3.40. The monoisotopic (exact) mass is 926 g/mol. The Kier molecular flexibility index (Phi) is 18.7. The number of likely N-dealkylation sites (N-methyl/N-ethyl adjacent to an activating group) is 2. The molecule has 4 saturated heterocycles. The van der Waals surface area contributed by atoms with Crippen LogP contribution in [0.15, 0.2) is 60.7 Å². The molecule has 0 bridgehead atoms. The SMILES string of the molecule is CN[C@@H](C)C(=O)N[C@H]1CN(C(=O)CCCCCCCCC(=O)N2CC[C@H]3CC[C@@H](C(=O)NC(c4ccccc4)c4ccccc4)N3C(=O)[C@@H](NC(=O)[C@H](C)NC)C2)CC[C@H]2CC[C@@H](C)N2C1=O. The first-order valence-corrected chi connectivity index (χ1v) is 24.9. The molecule has 6 rings (SSSR count). The van der Waals surface area contributed by atoms with Crippen molar-refractivity contribution in [2.45, 2.75) is 165 Å². The Labute approximate surface area is 397 Å². The van der Waals surface area contributed by atoms with Crippen molar-refractivity contribution in [1.82, 2.24) is 46.2 Å². The van der Waals surface area contributed by atoms with Crippen LogP contribution in [0.25, 0.3) is 0 Å². The van der Waals surface area contributed by atoms with E-state index in [4.69, 9.17) is 0 Å². The number of amides is 7. The van der Waals surface area contributed by atoms with Crippen LogP contribution in [0.1, 0.15) is 128 Å². The van der Waals surface area contributed by atoms with E-state index >= 15 is 0 Å². The van der Waals surface area contributed by atoms with Gasteiger partial charge in [0.25, 0.3) is 0 Å². The maximum absolute atomic E-state index is 14.5. The number of unbranched alkanes of at least 4 members (excludes halogenated alkanes) is 5. The number of hydrogen-bond acceptors (Lipinski definition) is 9. The number of carbonyl (C=O) groups excluding carboxylic acids is 7. The summed E-state index contributed by atoms with van der Waals surface area (Å²) in [4.78, 5) is 103. The minimum absolute atomic E-state index is 0.000265. The summed E-state index contributed by atoms with van der Waals surface area (Å²) in [6, 6.07) is 15.4. The van der Waals surface area contributed by atoms with E-state index in [9.17, 15) is 33.6 Å². The molecule has 4 fully saturated rings. The molecule has 4 heterocycles. The van der Waals surface area contributed by atoms with Crippen LogP contribution in [0, 0.1) is 0 Å². The van der Waals surface area contributed by atoms with E-state index in [1.165, 1.54) is 0 Å². The minimum atomic E-state index is -1.02. The van der Waals surface area contributed by atoms with Crippen molar-refractivity contribution in [3.63, 3.8) is 0 Å². The molecule has 16 nitrogen and oxygen atoms in total. The third-order valence-electron chi connectivity index (χ3n) is 14.5. The molecule has 5 N–H and O–H groups in total. The quantitative estimate of drug-likeness (QED) is 0.132. The highest BCUT2D eigenvalue weighted by atomic mass is 16.2. The van der Waals surface area contributed by atoms with E-state index in [0.717, 1.165) is 56.1 Å². The molecule has 0 aliphatic carbocycles. The number of nitrogens with one attached hydrogen (secondary N) is 5. The molecule has 2 aromatic rings. The number of rotatable bonds is 19. The molecule has 4 aliphatic rings. The van der Waals surface area contributed by atoms with Gasteiger partial charge in [0.2, 0.25) is 41.4 Å². The highest BCUT2D eigenvalue weighted by Gasteiger charge is 2.46. The molecule has 16 heteroatoms. The van der Waals surface area contributed by atoms with Crippen LogP contribution in [-0.2, 0) is 33.6 Å². The highest BCUT2D eigenvalue weighted by molar-refractivity contribution is 5.95. The standard InChI is InChI=1S/C51H75N9O7/c1-34-24-25-39-28-30-57(32-41(50(66)59(34)39)54-47(63)35(2)52-4)44(61)22-16-8-6-7-9-17-23-45(62)58-31-29-40-26-27-43(60(40)51(67)42(33-58)55-48(64)36(3)53-5)49(65)56-46(37-18-12-10-13-19-37)38-20-14-11-15-21-38/h10-15,18-21,34-36,39-43,46,52-53H,6-9,16-17,22-33H2,1-5H3,(H,54,63)(H,55,64)(H,56,65)/t34-,35+,36+,39-,40-,41+,42+,43+/m1/s1. The fourth-order valence-electron chi connectivity index (χ4n) is 10.2. The van der Waals surface area contributed by atoms with E-state index in [-0.39, 0.29) is 72.6 Å². The summed E-state index contributed by atoms with van der Waals surface area (Å²) < 4.78 is 0. The van der Waals surface area contributed by atoms with Gasteiger partial charge in [0, 0.05) is 57.1 Å². The molecule has 67 heavy (non-hydrogen) atoms. The van der Waals surface area contributed by atoms with E-state index in [1.54, 1.807) is 42.6 Å². The zero-order valence-corrected chi connectivity index (χ0v) is 40.3. The topological polar surface area (TPSA) is 193 Å². The minimum Gasteiger partial charge on any atom is -0.343 e. The predicted molar refractivity (Wildman–Crippen MR) is 256 cm³/mol. The van der Waals surface area contributed by atoms with Crippen molar-refractivity contribution in [3.8, 4) is 0 Å². The van der Waals surface area contributed by atoms with Gasteiger partial charge >= 0.3 is 0 Å². The largest absolute Gasteiger partial charge is 0.343 e. The molecule has 2 aromatic carbocycles. The van der Waals surface area contributed by atoms with Crippen LogP contribution < -0.4 is 26.6 Å². The smallest absolute Gasteiger partial charge is 0.247 e. The third kappa shape index (κ3) is 13.2. The van der Waals surface area contributed by atoms with E-state index in [2.05, 4.69) is 33.5 Å². The number of carbonyl (C=O) groups is 7. The molecule has 0 radical (unpaired) electrons. The first kappa shape index (κ1) is 51.0. The molecule has 0 saturated carbocycles. The second-order valence-corrected chi connectivity index (χ2v) is 19.1. The molecule has 0 spiro atoms. The average Bonchev–Trinajstić information content (AvgIpc) is 3.93. The number of hydrogen-bond donors (Lipinski definition) is 5. The summed E-state index contributed by atoms with van der Waals surface area (Å²) in [5.74, 6) is -1.41. The number of fused-ring (bicyclic) bond motifs is 2. The summed E-state index contributed by atoms with van der Waals surface area (Å²) in [6.45, 7) is 6.65. The maximum Gasteiger partial charge on any atom is 0.247 e. The first-order chi connectivity index (χ1) is 32.3. The Hall–Kier alpha value is -5.35. The Morgan fingerprint density at radius 2 is 1.01 bits per heavy atom. The summed E-state index contributed by atoms with van der Waals surface area (Å²) in [5, 5.41) is 14.9. The summed E-state index contributed by atoms with van der Waals surface area (Å²) in [5.41, 5.74) is 1.85. The van der Waals surface area contributed by atoms with Crippen molar-refractivity contribution in [3.05, 3.63) is 71.8 Å². The van der Waals surface area contributed by atoms with Gasteiger partial charge in [0.05, 0.1) is 18.1 Å². The van der Waals surface area contributed by atoms with Crippen LogP contribution in [-0.4, -0.2) is 150 Å². The van der Waals surface area contributed by atoms with Gasteiger partial charge < -0.3 is 46.2 Å². The fourth-order valence-corrected chi connectivity index (χ4v) is 10.2. The maximum atomic E-state index is 14.5. The van der Waals surface area contributed by atoms with Gasteiger partial charge in [-0.2, -0.15) is 0 Å². The van der Waals surface area contributed by atoms with Gasteiger partial charge in [0.15, 0.2) is 0 Å². The molecular weight excluding hydrogens is 851 g/mol. The molecule has 0 unspecified atom stereocenters. The summed E-state index contributed by atoms with van der Waals surface area (Å²) in [6.07, 6.45) is 9.75. The fraction of sp³-hybridized carbons (Fsp3) is 0.627. The van der Waals surface area contributed by atoms with Crippen LogP contribution >= 0.6 is 0 Å². The van der Waals surface area contributed by atoms with Gasteiger partial charge in [-0.1, -0.05) is 86.3 Å². The van der Waals surface area contributed by atoms with Crippen LogP contribution in [0.3, 0.4) is 0 Å². The zero-order chi connectivity index (χ0) is 48.0. The lowest BCUT2D eigenvalue weighted by Crippen LogP contribution is -2.62. The van der Waals surface area contributed by atoms with Gasteiger partial charge in [-0.05, 0) is 97.4 Å². The van der Waals surface area contributed by atoms with Gasteiger partial charge in [-0.25, -0.2) is 0 Å². The average molecular weight is 926 g/mol.